The molecule has 2 aromatic carbocycles. The number of benzene rings is 2. The Morgan fingerprint density at radius 1 is 1.00 bits per heavy atom. The summed E-state index contributed by atoms with van der Waals surface area (Å²) in [5.41, 5.74) is 0.0262. The van der Waals surface area contributed by atoms with Crippen LogP contribution in [-0.4, -0.2) is 47.8 Å². The molecule has 1 aliphatic heterocycles. The number of rotatable bonds is 5. The molecule has 0 bridgehead atoms. The maximum atomic E-state index is 12.5. The van der Waals surface area contributed by atoms with E-state index in [2.05, 4.69) is 47.8 Å². The smallest absolute Gasteiger partial charge is 0.329 e. The topological polar surface area (TPSA) is 139 Å². The van der Waals surface area contributed by atoms with Crippen LogP contribution < -0.4 is 0 Å². The fourth-order valence-corrected chi connectivity index (χ4v) is 5.07. The van der Waals surface area contributed by atoms with Crippen molar-refractivity contribution in [2.45, 2.75) is 38.3 Å². The molecule has 2 aromatic rings. The third kappa shape index (κ3) is 4.10. The number of amides is 1. The number of likely N-dealkylation sites (tertiary alicyclic amines) is 1. The van der Waals surface area contributed by atoms with Crippen LogP contribution in [0.1, 0.15) is 36.5 Å². The minimum Gasteiger partial charge on any atom is -0.504 e. The molecule has 0 spiro atoms. The SMILES string of the molecule is C[C@@]1(C(=O)O)CCC(=O)N1Cc1cc(O)c(O)c(Br)c1Cc1cc(O)c(O)c(Br)c1Br. The molecule has 0 aliphatic carbocycles. The molecule has 1 atom stereocenters. The molecule has 1 heterocycles. The van der Waals surface area contributed by atoms with E-state index in [4.69, 9.17) is 0 Å². The molecule has 0 saturated carbocycles. The summed E-state index contributed by atoms with van der Waals surface area (Å²) in [5, 5.41) is 49.9. The van der Waals surface area contributed by atoms with E-state index in [9.17, 15) is 35.1 Å². The van der Waals surface area contributed by atoms with Gasteiger partial charge >= 0.3 is 5.97 Å². The Morgan fingerprint density at radius 3 is 2.13 bits per heavy atom. The predicted octanol–water partition coefficient (Wildman–Crippen LogP) is 4.35. The number of carboxylic acids is 1. The number of hydrogen-bond acceptors (Lipinski definition) is 6. The number of phenolic OH excluding ortho intramolecular Hbond substituents is 4. The van der Waals surface area contributed by atoms with Crippen molar-refractivity contribution in [1.29, 1.82) is 0 Å². The van der Waals surface area contributed by atoms with Crippen LogP contribution in [0.3, 0.4) is 0 Å². The van der Waals surface area contributed by atoms with Crippen molar-refractivity contribution in [3.63, 3.8) is 0 Å². The second-order valence-corrected chi connectivity index (χ2v) is 9.84. The van der Waals surface area contributed by atoms with Crippen LogP contribution in [0.2, 0.25) is 0 Å². The Morgan fingerprint density at radius 2 is 1.55 bits per heavy atom. The molecule has 0 radical (unpaired) electrons. The van der Waals surface area contributed by atoms with Crippen LogP contribution in [-0.2, 0) is 22.6 Å². The van der Waals surface area contributed by atoms with Gasteiger partial charge in [0, 0.05) is 23.9 Å². The van der Waals surface area contributed by atoms with Crippen LogP contribution >= 0.6 is 47.8 Å². The predicted molar refractivity (Wildman–Crippen MR) is 121 cm³/mol. The van der Waals surface area contributed by atoms with Crippen molar-refractivity contribution in [2.75, 3.05) is 0 Å². The highest BCUT2D eigenvalue weighted by Crippen LogP contribution is 2.45. The summed E-state index contributed by atoms with van der Waals surface area (Å²) in [5.74, 6) is -3.00. The van der Waals surface area contributed by atoms with Crippen molar-refractivity contribution in [3.8, 4) is 23.0 Å². The van der Waals surface area contributed by atoms with Gasteiger partial charge in [0.25, 0.3) is 0 Å². The number of nitrogens with zero attached hydrogens (tertiary/aromatic N) is 1. The minimum atomic E-state index is -1.39. The lowest BCUT2D eigenvalue weighted by Crippen LogP contribution is -2.49. The Hall–Kier alpha value is -1.98. The number of aromatic hydroxyl groups is 4. The van der Waals surface area contributed by atoms with E-state index in [1.165, 1.54) is 24.0 Å². The molecular weight excluding hydrogens is 606 g/mol. The minimum absolute atomic E-state index is 0.0910. The third-order valence-electron chi connectivity index (χ3n) is 5.53. The lowest BCUT2D eigenvalue weighted by atomic mass is 9.95. The van der Waals surface area contributed by atoms with Gasteiger partial charge in [-0.3, -0.25) is 4.79 Å². The molecule has 1 saturated heterocycles. The highest BCUT2D eigenvalue weighted by atomic mass is 79.9. The first-order valence-electron chi connectivity index (χ1n) is 9.03. The number of carbonyl (C=O) groups excluding carboxylic acids is 1. The monoisotopic (exact) mass is 621 g/mol. The molecule has 1 amide bonds. The quantitative estimate of drug-likeness (QED) is 0.312. The van der Waals surface area contributed by atoms with Crippen LogP contribution in [0, 0.1) is 0 Å². The van der Waals surface area contributed by atoms with E-state index in [0.717, 1.165) is 0 Å². The van der Waals surface area contributed by atoms with Crippen LogP contribution in [0.25, 0.3) is 0 Å². The highest BCUT2D eigenvalue weighted by Gasteiger charge is 2.47. The second-order valence-electron chi connectivity index (χ2n) is 7.46. The van der Waals surface area contributed by atoms with Crippen molar-refractivity contribution >= 4 is 59.7 Å². The number of carbonyl (C=O) groups is 2. The number of phenols is 4. The second kappa shape index (κ2) is 8.51. The largest absolute Gasteiger partial charge is 0.504 e. The standard InChI is InChI=1S/C20H18Br3NO7/c1-20(19(30)31)3-2-13(27)24(20)7-9-6-12(26)17(28)15(22)10(9)4-8-5-11(25)18(29)16(23)14(8)21/h5-6,25-26,28-29H,2-4,7H2,1H3,(H,30,31)/t20-/m0/s1. The van der Waals surface area contributed by atoms with Gasteiger partial charge in [0.05, 0.1) is 8.95 Å². The van der Waals surface area contributed by atoms with Crippen molar-refractivity contribution in [3.05, 3.63) is 42.2 Å². The number of carboxylic acid groups (broad SMARTS) is 1. The molecular formula is C20H18Br3NO7. The van der Waals surface area contributed by atoms with Gasteiger partial charge in [-0.05, 0) is 90.0 Å². The van der Waals surface area contributed by atoms with E-state index in [1.807, 2.05) is 0 Å². The molecule has 31 heavy (non-hydrogen) atoms. The maximum absolute atomic E-state index is 12.5. The zero-order valence-electron chi connectivity index (χ0n) is 16.1. The first-order valence-corrected chi connectivity index (χ1v) is 11.4. The lowest BCUT2D eigenvalue weighted by molar-refractivity contribution is -0.153. The van der Waals surface area contributed by atoms with Gasteiger partial charge in [-0.2, -0.15) is 0 Å². The molecule has 166 valence electrons. The fraction of sp³-hybridized carbons (Fsp3) is 0.300. The van der Waals surface area contributed by atoms with Crippen LogP contribution in [0.15, 0.2) is 25.6 Å². The van der Waals surface area contributed by atoms with E-state index in [1.54, 1.807) is 0 Å². The number of halogens is 3. The molecule has 5 N–H and O–H groups in total. The summed E-state index contributed by atoms with van der Waals surface area (Å²) in [6.07, 6.45) is 0.363. The molecule has 0 aromatic heterocycles. The van der Waals surface area contributed by atoms with E-state index in [0.29, 0.717) is 21.2 Å². The first kappa shape index (κ1) is 23.7. The van der Waals surface area contributed by atoms with Gasteiger partial charge < -0.3 is 30.4 Å². The fourth-order valence-electron chi connectivity index (χ4n) is 3.57. The summed E-state index contributed by atoms with van der Waals surface area (Å²) >= 11 is 9.81. The molecule has 11 heteroatoms. The van der Waals surface area contributed by atoms with E-state index < -0.39 is 23.0 Å². The number of aliphatic carboxylic acids is 1. The molecule has 8 nitrogen and oxygen atoms in total. The first-order chi connectivity index (χ1) is 14.4. The highest BCUT2D eigenvalue weighted by molar-refractivity contribution is 9.13. The summed E-state index contributed by atoms with van der Waals surface area (Å²) in [7, 11) is 0. The normalized spacial score (nSPS) is 18.6. The molecule has 1 fully saturated rings. The summed E-state index contributed by atoms with van der Waals surface area (Å²) in [6, 6.07) is 2.62. The van der Waals surface area contributed by atoms with Gasteiger partial charge in [0.2, 0.25) is 5.91 Å². The average molecular weight is 624 g/mol. The van der Waals surface area contributed by atoms with Crippen molar-refractivity contribution in [2.24, 2.45) is 0 Å². The van der Waals surface area contributed by atoms with Gasteiger partial charge in [-0.25, -0.2) is 4.79 Å². The number of hydrogen-bond donors (Lipinski definition) is 5. The summed E-state index contributed by atoms with van der Waals surface area (Å²) in [4.78, 5) is 25.5. The van der Waals surface area contributed by atoms with Gasteiger partial charge in [0.1, 0.15) is 5.54 Å². The summed E-state index contributed by atoms with van der Waals surface area (Å²) < 4.78 is 0.860. The van der Waals surface area contributed by atoms with Gasteiger partial charge in [0.15, 0.2) is 23.0 Å². The maximum Gasteiger partial charge on any atom is 0.329 e. The van der Waals surface area contributed by atoms with Crippen LogP contribution in [0.4, 0.5) is 0 Å². The zero-order valence-corrected chi connectivity index (χ0v) is 20.9. The average Bonchev–Trinajstić information content (AvgIpc) is 3.01. The van der Waals surface area contributed by atoms with Gasteiger partial charge in [-0.1, -0.05) is 0 Å². The zero-order chi connectivity index (χ0) is 23.2. The molecule has 3 rings (SSSR count). The Balaban J connectivity index is 2.12. The molecule has 0 unspecified atom stereocenters. The van der Waals surface area contributed by atoms with E-state index in [-0.39, 0.29) is 52.2 Å². The Labute approximate surface area is 202 Å². The Kier molecular flexibility index (Phi) is 6.50. The lowest BCUT2D eigenvalue weighted by Gasteiger charge is -2.32. The van der Waals surface area contributed by atoms with Crippen molar-refractivity contribution in [1.82, 2.24) is 4.90 Å². The summed E-state index contributed by atoms with van der Waals surface area (Å²) in [6.45, 7) is 1.37. The van der Waals surface area contributed by atoms with Crippen LogP contribution in [0.5, 0.6) is 23.0 Å². The van der Waals surface area contributed by atoms with Gasteiger partial charge in [-0.15, -0.1) is 0 Å². The van der Waals surface area contributed by atoms with E-state index >= 15 is 0 Å². The third-order valence-corrected chi connectivity index (χ3v) is 8.59. The van der Waals surface area contributed by atoms with Crippen molar-refractivity contribution < 1.29 is 35.1 Å². The molecule has 1 aliphatic rings. The Bertz CT molecular complexity index is 1110.